The summed E-state index contributed by atoms with van der Waals surface area (Å²) in [7, 11) is -3.66. The molecule has 0 aromatic heterocycles. The number of hydrogen-bond acceptors (Lipinski definition) is 3. The Hall–Kier alpha value is -1.83. The normalized spacial score (nSPS) is 11.0. The van der Waals surface area contributed by atoms with Crippen molar-refractivity contribution in [1.29, 1.82) is 5.26 Å². The van der Waals surface area contributed by atoms with E-state index in [-0.39, 0.29) is 14.8 Å². The van der Waals surface area contributed by atoms with Crippen LogP contribution in [0.2, 0.25) is 5.02 Å². The SMILES string of the molecule is Cc1cc(S(=O)(=O)c2ccccc2Cl)ccc1C#N. The Morgan fingerprint density at radius 1 is 1.16 bits per heavy atom. The Kier molecular flexibility index (Phi) is 3.61. The van der Waals surface area contributed by atoms with Gasteiger partial charge in [-0.3, -0.25) is 0 Å². The van der Waals surface area contributed by atoms with E-state index in [4.69, 9.17) is 16.9 Å². The first-order valence-corrected chi connectivity index (χ1v) is 7.33. The minimum absolute atomic E-state index is 0.0702. The first kappa shape index (κ1) is 13.6. The lowest BCUT2D eigenvalue weighted by molar-refractivity contribution is 0.596. The van der Waals surface area contributed by atoms with Gasteiger partial charge in [-0.2, -0.15) is 5.26 Å². The summed E-state index contributed by atoms with van der Waals surface area (Å²) in [6, 6.07) is 12.7. The fourth-order valence-corrected chi connectivity index (χ4v) is 3.57. The van der Waals surface area contributed by atoms with Crippen LogP contribution in [0.1, 0.15) is 11.1 Å². The summed E-state index contributed by atoms with van der Waals surface area (Å²) in [4.78, 5) is 0.206. The van der Waals surface area contributed by atoms with E-state index in [0.29, 0.717) is 11.1 Å². The molecule has 0 aliphatic rings. The van der Waals surface area contributed by atoms with Crippen LogP contribution in [0, 0.1) is 18.3 Å². The Balaban J connectivity index is 2.62. The van der Waals surface area contributed by atoms with E-state index in [1.54, 1.807) is 19.1 Å². The van der Waals surface area contributed by atoms with Crippen molar-refractivity contribution in [2.75, 3.05) is 0 Å². The number of nitrogens with zero attached hydrogens (tertiary/aromatic N) is 1. The van der Waals surface area contributed by atoms with Gasteiger partial charge in [-0.15, -0.1) is 0 Å². The molecule has 0 saturated carbocycles. The Morgan fingerprint density at radius 3 is 2.42 bits per heavy atom. The predicted octanol–water partition coefficient (Wildman–Crippen LogP) is 3.35. The van der Waals surface area contributed by atoms with E-state index >= 15 is 0 Å². The van der Waals surface area contributed by atoms with Crippen LogP contribution in [0.25, 0.3) is 0 Å². The summed E-state index contributed by atoms with van der Waals surface area (Å²) < 4.78 is 24.9. The number of aryl methyl sites for hydroxylation is 1. The van der Waals surface area contributed by atoms with Gasteiger partial charge in [-0.1, -0.05) is 23.7 Å². The zero-order valence-corrected chi connectivity index (χ0v) is 11.7. The lowest BCUT2D eigenvalue weighted by atomic mass is 10.1. The molecule has 0 atom stereocenters. The van der Waals surface area contributed by atoms with Gasteiger partial charge < -0.3 is 0 Å². The molecule has 19 heavy (non-hydrogen) atoms. The molecule has 5 heteroatoms. The molecule has 0 N–H and O–H groups in total. The van der Waals surface area contributed by atoms with E-state index in [2.05, 4.69) is 0 Å². The number of hydrogen-bond donors (Lipinski definition) is 0. The molecule has 0 saturated heterocycles. The number of halogens is 1. The largest absolute Gasteiger partial charge is 0.218 e. The van der Waals surface area contributed by atoms with Crippen molar-refractivity contribution in [2.24, 2.45) is 0 Å². The monoisotopic (exact) mass is 291 g/mol. The van der Waals surface area contributed by atoms with Crippen molar-refractivity contribution in [3.05, 3.63) is 58.6 Å². The third-order valence-electron chi connectivity index (χ3n) is 2.75. The van der Waals surface area contributed by atoms with Gasteiger partial charge in [-0.25, -0.2) is 8.42 Å². The number of rotatable bonds is 2. The second-order valence-corrected chi connectivity index (χ2v) is 6.35. The summed E-state index contributed by atoms with van der Waals surface area (Å²) >= 11 is 5.93. The average molecular weight is 292 g/mol. The van der Waals surface area contributed by atoms with Gasteiger partial charge >= 0.3 is 0 Å². The maximum Gasteiger partial charge on any atom is 0.208 e. The fraction of sp³-hybridized carbons (Fsp3) is 0.0714. The fourth-order valence-electron chi connectivity index (χ4n) is 1.72. The van der Waals surface area contributed by atoms with Crippen LogP contribution in [0.3, 0.4) is 0 Å². The second kappa shape index (κ2) is 5.04. The summed E-state index contributed by atoms with van der Waals surface area (Å²) in [5.41, 5.74) is 1.08. The van der Waals surface area contributed by atoms with E-state index in [1.165, 1.54) is 30.3 Å². The van der Waals surface area contributed by atoms with Crippen LogP contribution in [0.15, 0.2) is 52.3 Å². The molecule has 0 aliphatic carbocycles. The molecule has 2 aromatic carbocycles. The number of nitriles is 1. The lowest BCUT2D eigenvalue weighted by Crippen LogP contribution is -2.03. The Labute approximate surface area is 117 Å². The Morgan fingerprint density at radius 2 is 1.84 bits per heavy atom. The molecule has 0 spiro atoms. The molecular weight excluding hydrogens is 282 g/mol. The highest BCUT2D eigenvalue weighted by atomic mass is 35.5. The van der Waals surface area contributed by atoms with E-state index in [9.17, 15) is 8.42 Å². The van der Waals surface area contributed by atoms with Crippen molar-refractivity contribution in [1.82, 2.24) is 0 Å². The van der Waals surface area contributed by atoms with Crippen LogP contribution in [0.5, 0.6) is 0 Å². The second-order valence-electron chi connectivity index (χ2n) is 4.02. The molecule has 0 amide bonds. The molecule has 0 unspecified atom stereocenters. The smallest absolute Gasteiger partial charge is 0.208 e. The highest BCUT2D eigenvalue weighted by molar-refractivity contribution is 7.91. The highest BCUT2D eigenvalue weighted by Gasteiger charge is 2.20. The number of sulfone groups is 1. The summed E-state index contributed by atoms with van der Waals surface area (Å²) in [5.74, 6) is 0. The summed E-state index contributed by atoms with van der Waals surface area (Å²) in [5, 5.41) is 9.04. The van der Waals surface area contributed by atoms with Crippen LogP contribution < -0.4 is 0 Å². The molecule has 3 nitrogen and oxygen atoms in total. The van der Waals surface area contributed by atoms with Crippen molar-refractivity contribution < 1.29 is 8.42 Å². The predicted molar refractivity (Wildman–Crippen MR) is 72.8 cm³/mol. The van der Waals surface area contributed by atoms with Crippen molar-refractivity contribution in [2.45, 2.75) is 16.7 Å². The average Bonchev–Trinajstić information content (AvgIpc) is 2.39. The maximum absolute atomic E-state index is 12.4. The minimum atomic E-state index is -3.66. The van der Waals surface area contributed by atoms with E-state index in [0.717, 1.165) is 0 Å². The molecule has 0 fully saturated rings. The van der Waals surface area contributed by atoms with Gasteiger partial charge in [0.2, 0.25) is 9.84 Å². The van der Waals surface area contributed by atoms with Crippen LogP contribution in [0.4, 0.5) is 0 Å². The van der Waals surface area contributed by atoms with Crippen molar-refractivity contribution in [3.8, 4) is 6.07 Å². The van der Waals surface area contributed by atoms with Crippen LogP contribution in [-0.2, 0) is 9.84 Å². The summed E-state index contributed by atoms with van der Waals surface area (Å²) in [6.45, 7) is 1.70. The molecule has 2 aromatic rings. The van der Waals surface area contributed by atoms with E-state index < -0.39 is 9.84 Å². The summed E-state index contributed by atoms with van der Waals surface area (Å²) in [6.07, 6.45) is 0. The topological polar surface area (TPSA) is 57.9 Å². The van der Waals surface area contributed by atoms with Gasteiger partial charge in [0.05, 0.1) is 26.4 Å². The van der Waals surface area contributed by atoms with Crippen LogP contribution >= 0.6 is 11.6 Å². The third-order valence-corrected chi connectivity index (χ3v) is 5.01. The lowest BCUT2D eigenvalue weighted by Gasteiger charge is -2.07. The molecule has 0 radical (unpaired) electrons. The van der Waals surface area contributed by atoms with Gasteiger partial charge in [0.1, 0.15) is 0 Å². The zero-order chi connectivity index (χ0) is 14.0. The van der Waals surface area contributed by atoms with E-state index in [1.807, 2.05) is 6.07 Å². The first-order valence-electron chi connectivity index (χ1n) is 5.47. The van der Waals surface area contributed by atoms with Gasteiger partial charge in [0.15, 0.2) is 0 Å². The maximum atomic E-state index is 12.4. The highest BCUT2D eigenvalue weighted by Crippen LogP contribution is 2.28. The zero-order valence-electron chi connectivity index (χ0n) is 10.1. The standard InChI is InChI=1S/C14H10ClNO2S/c1-10-8-12(7-6-11(10)9-16)19(17,18)14-5-3-2-4-13(14)15/h2-8H,1H3. The minimum Gasteiger partial charge on any atom is -0.218 e. The number of benzene rings is 2. The van der Waals surface area contributed by atoms with Crippen molar-refractivity contribution in [3.63, 3.8) is 0 Å². The van der Waals surface area contributed by atoms with Crippen molar-refractivity contribution >= 4 is 21.4 Å². The molecular formula is C14H10ClNO2S. The molecule has 2 rings (SSSR count). The molecule has 0 bridgehead atoms. The van der Waals surface area contributed by atoms with Crippen LogP contribution in [-0.4, -0.2) is 8.42 Å². The molecule has 0 aliphatic heterocycles. The first-order chi connectivity index (χ1) is 8.96. The molecule has 96 valence electrons. The Bertz CT molecular complexity index is 776. The van der Waals surface area contributed by atoms with Gasteiger partial charge in [-0.05, 0) is 42.8 Å². The quantitative estimate of drug-likeness (QED) is 0.852. The third kappa shape index (κ3) is 2.48. The van der Waals surface area contributed by atoms with Gasteiger partial charge in [0, 0.05) is 0 Å². The molecule has 0 heterocycles. The van der Waals surface area contributed by atoms with Gasteiger partial charge in [0.25, 0.3) is 0 Å².